The predicted octanol–water partition coefficient (Wildman–Crippen LogP) is 3.35. The maximum atomic E-state index is 13.3. The fourth-order valence-electron chi connectivity index (χ4n) is 5.31. The van der Waals surface area contributed by atoms with Crippen LogP contribution in [0, 0.1) is 23.7 Å². The number of benzene rings is 2. The number of carbonyl (C=O) groups is 4. The minimum Gasteiger partial charge on any atom is -0.454 e. The summed E-state index contributed by atoms with van der Waals surface area (Å²) in [5, 5.41) is 2.66. The second-order valence-corrected chi connectivity index (χ2v) is 9.83. The van der Waals surface area contributed by atoms with E-state index >= 15 is 0 Å². The number of fused-ring (bicyclic) bond motifs is 5. The van der Waals surface area contributed by atoms with Crippen LogP contribution in [0.1, 0.15) is 12.0 Å². The van der Waals surface area contributed by atoms with Gasteiger partial charge in [0.1, 0.15) is 6.04 Å². The Morgan fingerprint density at radius 1 is 0.971 bits per heavy atom. The maximum absolute atomic E-state index is 13.3. The number of nitrogens with zero attached hydrogens (tertiary/aromatic N) is 1. The van der Waals surface area contributed by atoms with Gasteiger partial charge in [0.2, 0.25) is 11.8 Å². The van der Waals surface area contributed by atoms with E-state index in [0.29, 0.717) is 5.69 Å². The van der Waals surface area contributed by atoms with Crippen LogP contribution in [-0.2, 0) is 30.3 Å². The molecule has 174 valence electrons. The smallest absolute Gasteiger partial charge is 0.330 e. The van der Waals surface area contributed by atoms with Crippen molar-refractivity contribution in [2.24, 2.45) is 23.7 Å². The lowest BCUT2D eigenvalue weighted by Gasteiger charge is -2.26. The Morgan fingerprint density at radius 2 is 1.59 bits per heavy atom. The normalized spacial score (nSPS) is 25.4. The Kier molecular flexibility index (Phi) is 6.08. The van der Waals surface area contributed by atoms with Crippen LogP contribution in [0.15, 0.2) is 71.2 Å². The Morgan fingerprint density at radius 3 is 2.21 bits per heavy atom. The van der Waals surface area contributed by atoms with Crippen molar-refractivity contribution in [1.29, 1.82) is 0 Å². The molecule has 3 amide bonds. The molecule has 1 heterocycles. The third-order valence-corrected chi connectivity index (χ3v) is 7.36. The number of hydrogen-bond donors (Lipinski definition) is 1. The monoisotopic (exact) mass is 522 g/mol. The highest BCUT2D eigenvalue weighted by Crippen LogP contribution is 2.53. The van der Waals surface area contributed by atoms with Crippen molar-refractivity contribution in [3.05, 3.63) is 76.8 Å². The number of carbonyl (C=O) groups excluding carboxylic acids is 4. The second kappa shape index (κ2) is 9.18. The molecule has 1 aliphatic heterocycles. The lowest BCUT2D eigenvalue weighted by Crippen LogP contribution is -2.48. The summed E-state index contributed by atoms with van der Waals surface area (Å²) in [6.07, 6.45) is 4.97. The predicted molar refractivity (Wildman–Crippen MR) is 127 cm³/mol. The molecule has 2 fully saturated rings. The highest BCUT2D eigenvalue weighted by molar-refractivity contribution is 9.10. The van der Waals surface area contributed by atoms with E-state index in [2.05, 4.69) is 21.2 Å². The van der Waals surface area contributed by atoms with E-state index in [1.807, 2.05) is 42.5 Å². The molecule has 34 heavy (non-hydrogen) atoms. The summed E-state index contributed by atoms with van der Waals surface area (Å²) in [4.78, 5) is 53.2. The van der Waals surface area contributed by atoms with Gasteiger partial charge in [-0.25, -0.2) is 4.79 Å². The van der Waals surface area contributed by atoms with Gasteiger partial charge in [-0.05, 0) is 48.1 Å². The zero-order valence-corrected chi connectivity index (χ0v) is 19.8. The van der Waals surface area contributed by atoms with Gasteiger partial charge in [-0.15, -0.1) is 0 Å². The van der Waals surface area contributed by atoms with Crippen LogP contribution >= 0.6 is 15.9 Å². The highest BCUT2D eigenvalue weighted by Gasteiger charge is 2.61. The van der Waals surface area contributed by atoms with E-state index in [1.165, 1.54) is 0 Å². The first-order valence-corrected chi connectivity index (χ1v) is 12.0. The Hall–Kier alpha value is -3.26. The average molecular weight is 523 g/mol. The molecular formula is C26H23BrN2O5. The summed E-state index contributed by atoms with van der Waals surface area (Å²) in [5.74, 6) is -2.64. The van der Waals surface area contributed by atoms with Crippen LogP contribution in [0.4, 0.5) is 5.69 Å². The topological polar surface area (TPSA) is 92.8 Å². The van der Waals surface area contributed by atoms with E-state index in [1.54, 1.807) is 24.3 Å². The fourth-order valence-corrected chi connectivity index (χ4v) is 5.58. The first-order chi connectivity index (χ1) is 16.4. The SMILES string of the molecule is O=C(COC(=O)[C@H](Cc1ccccc1)N1C(=O)[C@@H]2[C@H](C1=O)[C@H]1C=C[C@H]2C1)Nc1ccc(Br)cc1. The molecule has 2 bridgehead atoms. The van der Waals surface area contributed by atoms with Gasteiger partial charge in [-0.2, -0.15) is 0 Å². The number of halogens is 1. The summed E-state index contributed by atoms with van der Waals surface area (Å²) in [7, 11) is 0. The lowest BCUT2D eigenvalue weighted by molar-refractivity contribution is -0.160. The lowest BCUT2D eigenvalue weighted by atomic mass is 9.85. The van der Waals surface area contributed by atoms with Crippen LogP contribution in [0.2, 0.25) is 0 Å². The van der Waals surface area contributed by atoms with E-state index < -0.39 is 36.4 Å². The van der Waals surface area contributed by atoms with Gasteiger partial charge in [0, 0.05) is 16.6 Å². The Labute approximate surface area is 205 Å². The molecule has 0 unspecified atom stereocenters. The molecule has 3 aliphatic rings. The van der Waals surface area contributed by atoms with Crippen molar-refractivity contribution in [2.45, 2.75) is 18.9 Å². The van der Waals surface area contributed by atoms with Gasteiger partial charge in [-0.1, -0.05) is 58.4 Å². The molecule has 0 aromatic heterocycles. The van der Waals surface area contributed by atoms with Gasteiger partial charge in [0.25, 0.3) is 5.91 Å². The maximum Gasteiger partial charge on any atom is 0.330 e. The summed E-state index contributed by atoms with van der Waals surface area (Å²) in [6, 6.07) is 15.0. The van der Waals surface area contributed by atoms with Crippen LogP contribution in [0.5, 0.6) is 0 Å². The third kappa shape index (κ3) is 4.18. The van der Waals surface area contributed by atoms with E-state index in [-0.39, 0.29) is 30.1 Å². The highest BCUT2D eigenvalue weighted by atomic mass is 79.9. The third-order valence-electron chi connectivity index (χ3n) is 6.83. The largest absolute Gasteiger partial charge is 0.454 e. The van der Waals surface area contributed by atoms with Crippen LogP contribution in [0.3, 0.4) is 0 Å². The first-order valence-electron chi connectivity index (χ1n) is 11.2. The Bertz CT molecular complexity index is 1130. The van der Waals surface area contributed by atoms with Gasteiger partial charge >= 0.3 is 5.97 Å². The molecule has 1 saturated heterocycles. The van der Waals surface area contributed by atoms with Gasteiger partial charge in [0.15, 0.2) is 6.61 Å². The summed E-state index contributed by atoms with van der Waals surface area (Å²) in [5.41, 5.74) is 1.35. The zero-order valence-electron chi connectivity index (χ0n) is 18.2. The molecule has 7 nitrogen and oxygen atoms in total. The average Bonchev–Trinajstić information content (AvgIpc) is 3.52. The fraction of sp³-hybridized carbons (Fsp3) is 0.308. The molecule has 5 rings (SSSR count). The first kappa shape index (κ1) is 22.5. The molecule has 1 saturated carbocycles. The molecule has 5 atom stereocenters. The van der Waals surface area contributed by atoms with Crippen molar-refractivity contribution in [2.75, 3.05) is 11.9 Å². The molecule has 2 aromatic rings. The second-order valence-electron chi connectivity index (χ2n) is 8.91. The van der Waals surface area contributed by atoms with Crippen molar-refractivity contribution in [1.82, 2.24) is 4.90 Å². The van der Waals surface area contributed by atoms with Gasteiger partial charge < -0.3 is 10.1 Å². The molecule has 1 N–H and O–H groups in total. The molecule has 2 aliphatic carbocycles. The van der Waals surface area contributed by atoms with Gasteiger partial charge in [-0.3, -0.25) is 19.3 Å². The summed E-state index contributed by atoms with van der Waals surface area (Å²) in [6.45, 7) is -0.518. The number of likely N-dealkylation sites (tertiary alicyclic amines) is 1. The number of anilines is 1. The number of nitrogens with one attached hydrogen (secondary N) is 1. The number of rotatable bonds is 7. The standard InChI is InChI=1S/C26H23BrN2O5/c27-18-8-10-19(11-9-18)28-21(30)14-34-26(33)20(12-15-4-2-1-3-5-15)29-24(31)22-16-6-7-17(13-16)23(22)25(29)32/h1-11,16-17,20,22-23H,12-14H2,(H,28,30)/t16-,17-,20-,22-,23+/m0/s1. The quantitative estimate of drug-likeness (QED) is 0.342. The van der Waals surface area contributed by atoms with Crippen molar-refractivity contribution in [3.8, 4) is 0 Å². The van der Waals surface area contributed by atoms with Crippen LogP contribution < -0.4 is 5.32 Å². The van der Waals surface area contributed by atoms with Gasteiger partial charge in [0.05, 0.1) is 11.8 Å². The molecule has 8 heteroatoms. The van der Waals surface area contributed by atoms with E-state index in [9.17, 15) is 19.2 Å². The number of hydrogen-bond acceptors (Lipinski definition) is 5. The number of allylic oxidation sites excluding steroid dienone is 2. The minimum atomic E-state index is -1.12. The molecule has 0 radical (unpaired) electrons. The van der Waals surface area contributed by atoms with Crippen LogP contribution in [0.25, 0.3) is 0 Å². The molecule has 0 spiro atoms. The number of esters is 1. The van der Waals surface area contributed by atoms with Crippen molar-refractivity contribution < 1.29 is 23.9 Å². The minimum absolute atomic E-state index is 0.0431. The zero-order chi connectivity index (χ0) is 23.8. The molecule has 2 aromatic carbocycles. The molecular weight excluding hydrogens is 500 g/mol. The number of imide groups is 1. The Balaban J connectivity index is 1.31. The van der Waals surface area contributed by atoms with E-state index in [0.717, 1.165) is 21.4 Å². The summed E-state index contributed by atoms with van der Waals surface area (Å²) < 4.78 is 6.18. The van der Waals surface area contributed by atoms with Crippen molar-refractivity contribution >= 4 is 45.3 Å². The van der Waals surface area contributed by atoms with Crippen LogP contribution in [-0.4, -0.2) is 41.2 Å². The summed E-state index contributed by atoms with van der Waals surface area (Å²) >= 11 is 3.33. The van der Waals surface area contributed by atoms with Crippen molar-refractivity contribution in [3.63, 3.8) is 0 Å². The van der Waals surface area contributed by atoms with E-state index in [4.69, 9.17) is 4.74 Å². The number of ether oxygens (including phenoxy) is 1. The number of amides is 3.